The first-order chi connectivity index (χ1) is 10.6. The van der Waals surface area contributed by atoms with Crippen LogP contribution in [-0.2, 0) is 0 Å². The molecule has 0 saturated carbocycles. The summed E-state index contributed by atoms with van der Waals surface area (Å²) in [5.41, 5.74) is 0. The van der Waals surface area contributed by atoms with Crippen molar-refractivity contribution in [2.45, 2.75) is 6.10 Å². The van der Waals surface area contributed by atoms with E-state index in [-0.39, 0.29) is 38.0 Å². The van der Waals surface area contributed by atoms with Crippen LogP contribution in [0.4, 0.5) is 0 Å². The van der Waals surface area contributed by atoms with Crippen LogP contribution in [0.3, 0.4) is 0 Å². The van der Waals surface area contributed by atoms with E-state index >= 15 is 0 Å². The van der Waals surface area contributed by atoms with Crippen molar-refractivity contribution in [2.24, 2.45) is 0 Å². The molecule has 1 atom stereocenters. The molecule has 1 saturated heterocycles. The summed E-state index contributed by atoms with van der Waals surface area (Å²) in [5.74, 6) is 0.526. The van der Waals surface area contributed by atoms with Crippen molar-refractivity contribution < 1.29 is 14.9 Å². The van der Waals surface area contributed by atoms with Crippen LogP contribution in [-0.4, -0.2) is 78.6 Å². The molecule has 24 heavy (non-hydrogen) atoms. The van der Waals surface area contributed by atoms with Crippen molar-refractivity contribution in [1.82, 2.24) is 9.80 Å². The number of halogens is 4. The van der Waals surface area contributed by atoms with Crippen LogP contribution in [0.5, 0.6) is 5.75 Å². The fourth-order valence-electron chi connectivity index (χ4n) is 2.47. The predicted octanol–water partition coefficient (Wildman–Crippen LogP) is 2.19. The van der Waals surface area contributed by atoms with Gasteiger partial charge in [0.2, 0.25) is 0 Å². The summed E-state index contributed by atoms with van der Waals surface area (Å²) in [6, 6.07) is 5.02. The van der Waals surface area contributed by atoms with Gasteiger partial charge in [0.15, 0.2) is 0 Å². The lowest BCUT2D eigenvalue weighted by molar-refractivity contribution is 0.0429. The summed E-state index contributed by atoms with van der Waals surface area (Å²) in [6.07, 6.45) is -0.573. The van der Waals surface area contributed by atoms with Crippen molar-refractivity contribution in [3.63, 3.8) is 0 Å². The number of hydrogen-bond acceptors (Lipinski definition) is 5. The molecule has 0 radical (unpaired) electrons. The molecule has 140 valence electrons. The summed E-state index contributed by atoms with van der Waals surface area (Å²) < 4.78 is 5.54. The summed E-state index contributed by atoms with van der Waals surface area (Å²) in [7, 11) is 0. The zero-order chi connectivity index (χ0) is 15.9. The maximum atomic E-state index is 10.1. The average molecular weight is 422 g/mol. The van der Waals surface area contributed by atoms with Gasteiger partial charge in [0.25, 0.3) is 0 Å². The normalized spacial score (nSPS) is 16.8. The highest BCUT2D eigenvalue weighted by atomic mass is 35.5. The number of aliphatic hydroxyl groups excluding tert-OH is 2. The van der Waals surface area contributed by atoms with Gasteiger partial charge in [-0.3, -0.25) is 9.80 Å². The zero-order valence-electron chi connectivity index (χ0n) is 13.2. The molecule has 0 aromatic heterocycles. The number of nitrogens with zero attached hydrogens (tertiary/aromatic N) is 2. The number of β-amino-alcohol motifs (C(OH)–C–C–N with tert-alkyl or cyclic N) is 2. The summed E-state index contributed by atoms with van der Waals surface area (Å²) in [6.45, 7) is 5.27. The molecule has 0 aliphatic carbocycles. The number of aliphatic hydroxyl groups is 2. The monoisotopic (exact) mass is 420 g/mol. The minimum atomic E-state index is -0.573. The number of rotatable bonds is 7. The predicted molar refractivity (Wildman–Crippen MR) is 102 cm³/mol. The van der Waals surface area contributed by atoms with Crippen LogP contribution in [0.15, 0.2) is 18.2 Å². The summed E-state index contributed by atoms with van der Waals surface area (Å²) >= 11 is 11.9. The molecule has 0 spiro atoms. The van der Waals surface area contributed by atoms with Gasteiger partial charge in [-0.25, -0.2) is 0 Å². The van der Waals surface area contributed by atoms with Gasteiger partial charge < -0.3 is 14.9 Å². The lowest BCUT2D eigenvalue weighted by Gasteiger charge is -2.35. The topological polar surface area (TPSA) is 56.2 Å². The van der Waals surface area contributed by atoms with Crippen molar-refractivity contribution in [1.29, 1.82) is 0 Å². The third-order valence-electron chi connectivity index (χ3n) is 3.68. The Morgan fingerprint density at radius 1 is 1.08 bits per heavy atom. The molecule has 2 rings (SSSR count). The van der Waals surface area contributed by atoms with Crippen LogP contribution >= 0.6 is 48.0 Å². The zero-order valence-corrected chi connectivity index (χ0v) is 16.4. The standard InChI is InChI=1S/C15H22Cl2N2O3.2ClH/c16-12-1-2-15(14(17)9-12)22-11-13(21)10-19-5-3-18(4-6-19)7-8-20;;/h1-2,9,13,20-21H,3-8,10-11H2;2*1H. The number of ether oxygens (including phenoxy) is 1. The van der Waals surface area contributed by atoms with Gasteiger partial charge in [-0.1, -0.05) is 23.2 Å². The van der Waals surface area contributed by atoms with Gasteiger partial charge in [-0.2, -0.15) is 0 Å². The second kappa shape index (κ2) is 12.4. The van der Waals surface area contributed by atoms with Gasteiger partial charge in [-0.05, 0) is 18.2 Å². The molecule has 1 aromatic rings. The highest BCUT2D eigenvalue weighted by molar-refractivity contribution is 6.35. The smallest absolute Gasteiger partial charge is 0.138 e. The minimum absolute atomic E-state index is 0. The first-order valence-electron chi connectivity index (χ1n) is 7.40. The second-order valence-corrected chi connectivity index (χ2v) is 6.25. The van der Waals surface area contributed by atoms with Gasteiger partial charge in [0, 0.05) is 44.3 Å². The van der Waals surface area contributed by atoms with E-state index in [4.69, 9.17) is 33.0 Å². The molecule has 0 bridgehead atoms. The average Bonchev–Trinajstić information content (AvgIpc) is 2.49. The third-order valence-corrected chi connectivity index (χ3v) is 4.21. The van der Waals surface area contributed by atoms with E-state index in [2.05, 4.69) is 9.80 Å². The molecule has 1 heterocycles. The fraction of sp³-hybridized carbons (Fsp3) is 0.600. The van der Waals surface area contributed by atoms with Crippen molar-refractivity contribution in [3.8, 4) is 5.75 Å². The van der Waals surface area contributed by atoms with Gasteiger partial charge in [0.1, 0.15) is 18.5 Å². The molecule has 1 aliphatic rings. The van der Waals surface area contributed by atoms with E-state index in [1.807, 2.05) is 0 Å². The number of hydrogen-bond donors (Lipinski definition) is 2. The SMILES string of the molecule is Cl.Cl.OCCN1CCN(CC(O)COc2ccc(Cl)cc2Cl)CC1. The summed E-state index contributed by atoms with van der Waals surface area (Å²) in [4.78, 5) is 4.41. The molecule has 1 aromatic carbocycles. The Morgan fingerprint density at radius 3 is 2.29 bits per heavy atom. The molecule has 1 fully saturated rings. The maximum absolute atomic E-state index is 10.1. The Hall–Kier alpha value is 0.0200. The molecule has 1 unspecified atom stereocenters. The maximum Gasteiger partial charge on any atom is 0.138 e. The molecular weight excluding hydrogens is 398 g/mol. The van der Waals surface area contributed by atoms with Crippen molar-refractivity contribution in [2.75, 3.05) is 52.5 Å². The second-order valence-electron chi connectivity index (χ2n) is 5.41. The quantitative estimate of drug-likeness (QED) is 0.706. The molecule has 5 nitrogen and oxygen atoms in total. The van der Waals surface area contributed by atoms with E-state index < -0.39 is 6.10 Å². The first-order valence-corrected chi connectivity index (χ1v) is 8.15. The molecule has 9 heteroatoms. The Labute approximate surface area is 165 Å². The Morgan fingerprint density at radius 2 is 1.71 bits per heavy atom. The van der Waals surface area contributed by atoms with Gasteiger partial charge in [-0.15, -0.1) is 24.8 Å². The lowest BCUT2D eigenvalue weighted by atomic mass is 10.2. The Balaban J connectivity index is 0.00000264. The first kappa shape index (κ1) is 24.0. The van der Waals surface area contributed by atoms with Crippen LogP contribution in [0, 0.1) is 0 Å². The minimum Gasteiger partial charge on any atom is -0.489 e. The highest BCUT2D eigenvalue weighted by Crippen LogP contribution is 2.27. The largest absolute Gasteiger partial charge is 0.489 e. The lowest BCUT2D eigenvalue weighted by Crippen LogP contribution is -2.49. The van der Waals surface area contributed by atoms with Crippen LogP contribution in [0.2, 0.25) is 10.0 Å². The molecule has 1 aliphatic heterocycles. The van der Waals surface area contributed by atoms with E-state index in [1.54, 1.807) is 18.2 Å². The summed E-state index contributed by atoms with van der Waals surface area (Å²) in [5, 5.41) is 20.0. The molecule has 0 amide bonds. The van der Waals surface area contributed by atoms with Gasteiger partial charge in [0.05, 0.1) is 11.6 Å². The van der Waals surface area contributed by atoms with Crippen LogP contribution in [0.1, 0.15) is 0 Å². The highest BCUT2D eigenvalue weighted by Gasteiger charge is 2.19. The molecule has 2 N–H and O–H groups in total. The van der Waals surface area contributed by atoms with Crippen LogP contribution < -0.4 is 4.74 Å². The van der Waals surface area contributed by atoms with E-state index in [0.717, 1.165) is 26.2 Å². The fourth-order valence-corrected chi connectivity index (χ4v) is 2.93. The van der Waals surface area contributed by atoms with Crippen LogP contribution in [0.25, 0.3) is 0 Å². The van der Waals surface area contributed by atoms with Gasteiger partial charge >= 0.3 is 0 Å². The number of benzene rings is 1. The third kappa shape index (κ3) is 7.93. The van der Waals surface area contributed by atoms with E-state index in [9.17, 15) is 5.11 Å². The Bertz CT molecular complexity index is 474. The van der Waals surface area contributed by atoms with Crippen molar-refractivity contribution in [3.05, 3.63) is 28.2 Å². The van der Waals surface area contributed by atoms with E-state index in [1.165, 1.54) is 0 Å². The molecular formula is C15H24Cl4N2O3. The van der Waals surface area contributed by atoms with E-state index in [0.29, 0.717) is 28.9 Å². The van der Waals surface area contributed by atoms with Crippen molar-refractivity contribution >= 4 is 48.0 Å². The Kier molecular flexibility index (Phi) is 12.4. The number of piperazine rings is 1.